The number of nitrogens with one attached hydrogen (secondary N) is 1. The lowest BCUT2D eigenvalue weighted by molar-refractivity contribution is -0.140. The molecule has 1 fully saturated rings. The van der Waals surface area contributed by atoms with Gasteiger partial charge in [-0.15, -0.1) is 0 Å². The second kappa shape index (κ2) is 6.21. The third-order valence-corrected chi connectivity index (χ3v) is 3.35. The van der Waals surface area contributed by atoms with Gasteiger partial charge in [-0.05, 0) is 32.7 Å². The Labute approximate surface area is 98.0 Å². The molecule has 1 saturated carbocycles. The Kier molecular flexibility index (Phi) is 5.22. The molecule has 2 unspecified atom stereocenters. The molecular formula is C12H24N2O2. The Bertz CT molecular complexity index is 229. The van der Waals surface area contributed by atoms with Crippen LogP contribution in [0.5, 0.6) is 0 Å². The van der Waals surface area contributed by atoms with Gasteiger partial charge in [0.25, 0.3) is 0 Å². The summed E-state index contributed by atoms with van der Waals surface area (Å²) in [7, 11) is 0. The van der Waals surface area contributed by atoms with Crippen molar-refractivity contribution in [2.24, 2.45) is 0 Å². The molecule has 2 atom stereocenters. The fourth-order valence-electron chi connectivity index (χ4n) is 1.85. The number of carbonyl (C=O) groups is 1. The predicted octanol–water partition coefficient (Wildman–Crippen LogP) is 1.31. The number of aliphatic carboxylic acids is 1. The summed E-state index contributed by atoms with van der Waals surface area (Å²) in [5, 5.41) is 12.4. The van der Waals surface area contributed by atoms with Gasteiger partial charge >= 0.3 is 5.97 Å². The van der Waals surface area contributed by atoms with Crippen LogP contribution in [0.3, 0.4) is 0 Å². The van der Waals surface area contributed by atoms with Crippen molar-refractivity contribution in [3.8, 4) is 0 Å². The lowest BCUT2D eigenvalue weighted by Gasteiger charge is -2.29. The van der Waals surface area contributed by atoms with Crippen LogP contribution in [0.1, 0.15) is 40.0 Å². The molecule has 94 valence electrons. The molecule has 0 saturated heterocycles. The highest BCUT2D eigenvalue weighted by atomic mass is 16.4. The summed E-state index contributed by atoms with van der Waals surface area (Å²) in [6.07, 6.45) is 3.31. The number of carboxylic acids is 1. The summed E-state index contributed by atoms with van der Waals surface area (Å²) < 4.78 is 0. The normalized spacial score (nSPS) is 19.8. The van der Waals surface area contributed by atoms with E-state index in [1.807, 2.05) is 0 Å². The third kappa shape index (κ3) is 4.10. The number of carboxylic acid groups (broad SMARTS) is 1. The van der Waals surface area contributed by atoms with Crippen LogP contribution < -0.4 is 5.32 Å². The fraction of sp³-hybridized carbons (Fsp3) is 0.917. The molecule has 1 aliphatic carbocycles. The van der Waals surface area contributed by atoms with E-state index in [1.165, 1.54) is 0 Å². The first-order valence-corrected chi connectivity index (χ1v) is 6.31. The topological polar surface area (TPSA) is 52.6 Å². The van der Waals surface area contributed by atoms with E-state index >= 15 is 0 Å². The standard InChI is InChI=1S/C12H24N2O2/c1-4-9(3)14(5-2)8-11(12(15)16)13-10-6-7-10/h9-11,13H,4-8H2,1-3H3,(H,15,16). The Balaban J connectivity index is 2.46. The van der Waals surface area contributed by atoms with Crippen molar-refractivity contribution in [2.75, 3.05) is 13.1 Å². The second-order valence-electron chi connectivity index (χ2n) is 4.68. The van der Waals surface area contributed by atoms with Gasteiger partial charge < -0.3 is 10.4 Å². The van der Waals surface area contributed by atoms with Gasteiger partial charge in [-0.25, -0.2) is 0 Å². The molecule has 16 heavy (non-hydrogen) atoms. The number of likely N-dealkylation sites (N-methyl/N-ethyl adjacent to an activating group) is 1. The minimum absolute atomic E-state index is 0.415. The van der Waals surface area contributed by atoms with E-state index in [9.17, 15) is 4.79 Å². The minimum Gasteiger partial charge on any atom is -0.480 e. The summed E-state index contributed by atoms with van der Waals surface area (Å²) in [5.74, 6) is -0.728. The van der Waals surface area contributed by atoms with Crippen molar-refractivity contribution < 1.29 is 9.90 Å². The highest BCUT2D eigenvalue weighted by Crippen LogP contribution is 2.19. The van der Waals surface area contributed by atoms with E-state index in [2.05, 4.69) is 31.0 Å². The Morgan fingerprint density at radius 1 is 1.50 bits per heavy atom. The van der Waals surface area contributed by atoms with Crippen LogP contribution in [-0.4, -0.2) is 47.2 Å². The van der Waals surface area contributed by atoms with Crippen molar-refractivity contribution in [1.29, 1.82) is 0 Å². The van der Waals surface area contributed by atoms with Gasteiger partial charge in [0.2, 0.25) is 0 Å². The number of hydrogen-bond acceptors (Lipinski definition) is 3. The van der Waals surface area contributed by atoms with Crippen LogP contribution in [0.15, 0.2) is 0 Å². The zero-order valence-electron chi connectivity index (χ0n) is 10.6. The maximum absolute atomic E-state index is 11.1. The Hall–Kier alpha value is -0.610. The maximum atomic E-state index is 11.1. The van der Waals surface area contributed by atoms with Crippen molar-refractivity contribution >= 4 is 5.97 Å². The SMILES string of the molecule is CCC(C)N(CC)CC(NC1CC1)C(=O)O. The number of rotatable bonds is 8. The Morgan fingerprint density at radius 2 is 2.12 bits per heavy atom. The summed E-state index contributed by atoms with van der Waals surface area (Å²) in [4.78, 5) is 13.4. The summed E-state index contributed by atoms with van der Waals surface area (Å²) in [6.45, 7) is 7.89. The molecule has 0 spiro atoms. The molecule has 2 N–H and O–H groups in total. The van der Waals surface area contributed by atoms with E-state index in [-0.39, 0.29) is 0 Å². The first kappa shape index (κ1) is 13.5. The molecule has 1 rings (SSSR count). The smallest absolute Gasteiger partial charge is 0.322 e. The van der Waals surface area contributed by atoms with Crippen LogP contribution in [-0.2, 0) is 4.79 Å². The van der Waals surface area contributed by atoms with E-state index in [0.29, 0.717) is 18.6 Å². The first-order valence-electron chi connectivity index (χ1n) is 6.31. The average molecular weight is 228 g/mol. The van der Waals surface area contributed by atoms with Crippen LogP contribution in [0.25, 0.3) is 0 Å². The van der Waals surface area contributed by atoms with Gasteiger partial charge in [0.05, 0.1) is 0 Å². The highest BCUT2D eigenvalue weighted by Gasteiger charge is 2.29. The molecule has 0 aromatic heterocycles. The van der Waals surface area contributed by atoms with Crippen LogP contribution in [0, 0.1) is 0 Å². The van der Waals surface area contributed by atoms with Crippen LogP contribution >= 0.6 is 0 Å². The van der Waals surface area contributed by atoms with Gasteiger partial charge in [-0.1, -0.05) is 13.8 Å². The van der Waals surface area contributed by atoms with Crippen molar-refractivity contribution in [2.45, 2.75) is 58.2 Å². The second-order valence-corrected chi connectivity index (χ2v) is 4.68. The van der Waals surface area contributed by atoms with Crippen molar-refractivity contribution in [3.05, 3.63) is 0 Å². The van der Waals surface area contributed by atoms with Gasteiger partial charge in [-0.3, -0.25) is 9.69 Å². The largest absolute Gasteiger partial charge is 0.480 e. The molecule has 0 heterocycles. The van der Waals surface area contributed by atoms with E-state index in [0.717, 1.165) is 25.8 Å². The molecule has 0 amide bonds. The quantitative estimate of drug-likeness (QED) is 0.658. The van der Waals surface area contributed by atoms with Gasteiger partial charge in [-0.2, -0.15) is 0 Å². The van der Waals surface area contributed by atoms with E-state index < -0.39 is 12.0 Å². The molecular weight excluding hydrogens is 204 g/mol. The highest BCUT2D eigenvalue weighted by molar-refractivity contribution is 5.73. The number of hydrogen-bond donors (Lipinski definition) is 2. The molecule has 0 bridgehead atoms. The third-order valence-electron chi connectivity index (χ3n) is 3.35. The van der Waals surface area contributed by atoms with Crippen LogP contribution in [0.4, 0.5) is 0 Å². The molecule has 0 radical (unpaired) electrons. The monoisotopic (exact) mass is 228 g/mol. The zero-order valence-corrected chi connectivity index (χ0v) is 10.6. The molecule has 0 aromatic carbocycles. The lowest BCUT2D eigenvalue weighted by Crippen LogP contribution is -2.49. The molecule has 4 heteroatoms. The lowest BCUT2D eigenvalue weighted by atomic mass is 10.2. The minimum atomic E-state index is -0.728. The molecule has 1 aliphatic rings. The summed E-state index contributed by atoms with van der Waals surface area (Å²) >= 11 is 0. The Morgan fingerprint density at radius 3 is 2.50 bits per heavy atom. The molecule has 0 aromatic rings. The van der Waals surface area contributed by atoms with Crippen molar-refractivity contribution in [3.63, 3.8) is 0 Å². The van der Waals surface area contributed by atoms with E-state index in [4.69, 9.17) is 5.11 Å². The van der Waals surface area contributed by atoms with Crippen LogP contribution in [0.2, 0.25) is 0 Å². The van der Waals surface area contributed by atoms with Gasteiger partial charge in [0.1, 0.15) is 6.04 Å². The van der Waals surface area contributed by atoms with E-state index in [1.54, 1.807) is 0 Å². The zero-order chi connectivity index (χ0) is 12.1. The first-order chi connectivity index (χ1) is 7.58. The number of nitrogens with zero attached hydrogens (tertiary/aromatic N) is 1. The van der Waals surface area contributed by atoms with Gasteiger partial charge in [0.15, 0.2) is 0 Å². The molecule has 4 nitrogen and oxygen atoms in total. The summed E-state index contributed by atoms with van der Waals surface area (Å²) in [6, 6.07) is 0.478. The van der Waals surface area contributed by atoms with Gasteiger partial charge in [0, 0.05) is 18.6 Å². The molecule has 0 aliphatic heterocycles. The fourth-order valence-corrected chi connectivity index (χ4v) is 1.85. The summed E-state index contributed by atoms with van der Waals surface area (Å²) in [5.41, 5.74) is 0. The predicted molar refractivity (Wildman–Crippen MR) is 64.6 cm³/mol. The van der Waals surface area contributed by atoms with Crippen molar-refractivity contribution in [1.82, 2.24) is 10.2 Å². The average Bonchev–Trinajstić information content (AvgIpc) is 3.06. The maximum Gasteiger partial charge on any atom is 0.322 e.